The Kier molecular flexibility index (Phi) is 3.33. The number of aromatic nitrogens is 2. The van der Waals surface area contributed by atoms with Crippen LogP contribution in [-0.2, 0) is 16.1 Å². The number of carbonyl (C=O) groups excluding carboxylic acids is 1. The lowest BCUT2D eigenvalue weighted by atomic mass is 10.1. The van der Waals surface area contributed by atoms with Crippen LogP contribution in [0.25, 0.3) is 0 Å². The van der Waals surface area contributed by atoms with Crippen LogP contribution in [0.1, 0.15) is 11.7 Å². The molecule has 1 atom stereocenters. The maximum absolute atomic E-state index is 10.5. The molecule has 1 aromatic carbocycles. The molecule has 0 aliphatic heterocycles. The van der Waals surface area contributed by atoms with Crippen molar-refractivity contribution in [2.24, 2.45) is 0 Å². The molecule has 1 heterocycles. The summed E-state index contributed by atoms with van der Waals surface area (Å²) in [6, 6.07) is 9.64. The molecule has 1 aromatic heterocycles. The lowest BCUT2D eigenvalue weighted by Crippen LogP contribution is -2.11. The van der Waals surface area contributed by atoms with Crippen molar-refractivity contribution in [2.45, 2.75) is 12.6 Å². The van der Waals surface area contributed by atoms with Gasteiger partial charge in [-0.05, 0) is 5.56 Å². The molecule has 0 amide bonds. The molecule has 2 rings (SSSR count). The van der Waals surface area contributed by atoms with Gasteiger partial charge < -0.3 is 9.30 Å². The maximum Gasteiger partial charge on any atom is 0.293 e. The molecular weight excluding hydrogens is 204 g/mol. The molecule has 0 N–H and O–H groups in total. The van der Waals surface area contributed by atoms with Crippen LogP contribution in [0.15, 0.2) is 49.1 Å². The Labute approximate surface area is 93.5 Å². The van der Waals surface area contributed by atoms with Crippen LogP contribution in [0.2, 0.25) is 0 Å². The molecular formula is C12H12N2O2. The Morgan fingerprint density at radius 1 is 1.38 bits per heavy atom. The van der Waals surface area contributed by atoms with Gasteiger partial charge in [0.05, 0.1) is 12.9 Å². The average molecular weight is 216 g/mol. The van der Waals surface area contributed by atoms with E-state index in [0.717, 1.165) is 5.56 Å². The van der Waals surface area contributed by atoms with Crippen molar-refractivity contribution in [3.63, 3.8) is 0 Å². The third kappa shape index (κ3) is 2.48. The minimum Gasteiger partial charge on any atom is -0.458 e. The third-order valence-electron chi connectivity index (χ3n) is 2.33. The first-order valence-electron chi connectivity index (χ1n) is 5.00. The summed E-state index contributed by atoms with van der Waals surface area (Å²) in [4.78, 5) is 14.4. The van der Waals surface area contributed by atoms with E-state index in [1.165, 1.54) is 0 Å². The number of ether oxygens (including phenoxy) is 1. The first-order chi connectivity index (χ1) is 7.90. The van der Waals surface area contributed by atoms with Crippen molar-refractivity contribution >= 4 is 6.47 Å². The summed E-state index contributed by atoms with van der Waals surface area (Å²) in [5, 5.41) is 0. The monoisotopic (exact) mass is 216 g/mol. The van der Waals surface area contributed by atoms with Crippen LogP contribution in [0.5, 0.6) is 0 Å². The summed E-state index contributed by atoms with van der Waals surface area (Å²) in [7, 11) is 0. The molecule has 4 nitrogen and oxygen atoms in total. The molecule has 0 saturated carbocycles. The van der Waals surface area contributed by atoms with Gasteiger partial charge in [0.15, 0.2) is 0 Å². The molecule has 0 aliphatic carbocycles. The SMILES string of the molecule is O=COC(Cn1ccnc1)c1ccccc1. The van der Waals surface area contributed by atoms with Crippen molar-refractivity contribution in [1.82, 2.24) is 9.55 Å². The fourth-order valence-corrected chi connectivity index (χ4v) is 1.55. The highest BCUT2D eigenvalue weighted by atomic mass is 16.5. The first-order valence-corrected chi connectivity index (χ1v) is 5.00. The lowest BCUT2D eigenvalue weighted by Gasteiger charge is -2.15. The van der Waals surface area contributed by atoms with Crippen LogP contribution < -0.4 is 0 Å². The van der Waals surface area contributed by atoms with Gasteiger partial charge in [0, 0.05) is 12.4 Å². The number of imidazole rings is 1. The number of nitrogens with zero attached hydrogens (tertiary/aromatic N) is 2. The summed E-state index contributed by atoms with van der Waals surface area (Å²) in [6.45, 7) is 1.05. The zero-order chi connectivity index (χ0) is 11.2. The van der Waals surface area contributed by atoms with Crippen molar-refractivity contribution in [3.8, 4) is 0 Å². The highest BCUT2D eigenvalue weighted by molar-refractivity contribution is 5.38. The molecule has 0 aliphatic rings. The molecule has 0 spiro atoms. The van der Waals surface area contributed by atoms with Crippen molar-refractivity contribution < 1.29 is 9.53 Å². The Morgan fingerprint density at radius 2 is 2.19 bits per heavy atom. The summed E-state index contributed by atoms with van der Waals surface area (Å²) in [5.41, 5.74) is 0.975. The van der Waals surface area contributed by atoms with E-state index in [0.29, 0.717) is 13.0 Å². The smallest absolute Gasteiger partial charge is 0.293 e. The number of hydrogen-bond donors (Lipinski definition) is 0. The van der Waals surface area contributed by atoms with Crippen LogP contribution >= 0.6 is 0 Å². The second-order valence-corrected chi connectivity index (χ2v) is 3.39. The highest BCUT2D eigenvalue weighted by Crippen LogP contribution is 2.18. The maximum atomic E-state index is 10.5. The van der Waals surface area contributed by atoms with Crippen molar-refractivity contribution in [3.05, 3.63) is 54.6 Å². The van der Waals surface area contributed by atoms with Crippen molar-refractivity contribution in [2.75, 3.05) is 0 Å². The lowest BCUT2D eigenvalue weighted by molar-refractivity contribution is -0.134. The van der Waals surface area contributed by atoms with E-state index in [1.54, 1.807) is 12.5 Å². The van der Waals surface area contributed by atoms with Gasteiger partial charge in [0.2, 0.25) is 0 Å². The van der Waals surface area contributed by atoms with Gasteiger partial charge in [-0.2, -0.15) is 0 Å². The van der Waals surface area contributed by atoms with Gasteiger partial charge in [-0.1, -0.05) is 30.3 Å². The van der Waals surface area contributed by atoms with Gasteiger partial charge in [0.25, 0.3) is 6.47 Å². The summed E-state index contributed by atoms with van der Waals surface area (Å²) < 4.78 is 6.95. The minimum absolute atomic E-state index is 0.270. The fraction of sp³-hybridized carbons (Fsp3) is 0.167. The molecule has 16 heavy (non-hydrogen) atoms. The van der Waals surface area contributed by atoms with Crippen LogP contribution in [0.4, 0.5) is 0 Å². The quantitative estimate of drug-likeness (QED) is 0.716. The Bertz CT molecular complexity index is 426. The largest absolute Gasteiger partial charge is 0.458 e. The standard InChI is InChI=1S/C12H12N2O2/c15-10-16-12(8-14-7-6-13-9-14)11-4-2-1-3-5-11/h1-7,9-10,12H,8H2. The predicted octanol–water partition coefficient (Wildman–Crippen LogP) is 1.80. The molecule has 0 fully saturated rings. The van der Waals surface area contributed by atoms with E-state index in [-0.39, 0.29) is 6.10 Å². The van der Waals surface area contributed by atoms with E-state index in [2.05, 4.69) is 4.98 Å². The Morgan fingerprint density at radius 3 is 2.81 bits per heavy atom. The summed E-state index contributed by atoms with van der Waals surface area (Å²) in [5.74, 6) is 0. The summed E-state index contributed by atoms with van der Waals surface area (Å²) in [6.07, 6.45) is 4.96. The van der Waals surface area contributed by atoms with E-state index >= 15 is 0 Å². The molecule has 4 heteroatoms. The highest BCUT2D eigenvalue weighted by Gasteiger charge is 2.12. The van der Waals surface area contributed by atoms with Crippen LogP contribution in [-0.4, -0.2) is 16.0 Å². The van der Waals surface area contributed by atoms with Gasteiger partial charge in [-0.25, -0.2) is 4.98 Å². The number of benzene rings is 1. The second kappa shape index (κ2) is 5.11. The fourth-order valence-electron chi connectivity index (χ4n) is 1.55. The summed E-state index contributed by atoms with van der Waals surface area (Å²) >= 11 is 0. The molecule has 0 bridgehead atoms. The van der Waals surface area contributed by atoms with Gasteiger partial charge in [-0.3, -0.25) is 4.79 Å². The zero-order valence-electron chi connectivity index (χ0n) is 8.69. The molecule has 1 unspecified atom stereocenters. The molecule has 2 aromatic rings. The van der Waals surface area contributed by atoms with Gasteiger partial charge in [-0.15, -0.1) is 0 Å². The number of hydrogen-bond acceptors (Lipinski definition) is 3. The van der Waals surface area contributed by atoms with E-state index < -0.39 is 0 Å². The van der Waals surface area contributed by atoms with Crippen LogP contribution in [0.3, 0.4) is 0 Å². The topological polar surface area (TPSA) is 44.1 Å². The number of carbonyl (C=O) groups is 1. The van der Waals surface area contributed by atoms with Crippen molar-refractivity contribution in [1.29, 1.82) is 0 Å². The zero-order valence-corrected chi connectivity index (χ0v) is 8.69. The second-order valence-electron chi connectivity index (χ2n) is 3.39. The number of rotatable bonds is 5. The minimum atomic E-state index is -0.270. The first kappa shape index (κ1) is 10.4. The predicted molar refractivity (Wildman–Crippen MR) is 58.6 cm³/mol. The molecule has 0 radical (unpaired) electrons. The average Bonchev–Trinajstić information content (AvgIpc) is 2.83. The van der Waals surface area contributed by atoms with Crippen LogP contribution in [0, 0.1) is 0 Å². The molecule has 0 saturated heterocycles. The Balaban J connectivity index is 2.14. The van der Waals surface area contributed by atoms with Gasteiger partial charge in [0.1, 0.15) is 6.10 Å². The third-order valence-corrected chi connectivity index (χ3v) is 2.33. The van der Waals surface area contributed by atoms with Gasteiger partial charge >= 0.3 is 0 Å². The van der Waals surface area contributed by atoms with E-state index in [9.17, 15) is 4.79 Å². The normalized spacial score (nSPS) is 12.0. The van der Waals surface area contributed by atoms with E-state index in [4.69, 9.17) is 4.74 Å². The van der Waals surface area contributed by atoms with E-state index in [1.807, 2.05) is 41.1 Å². The molecule has 82 valence electrons. The Hall–Kier alpha value is -2.10.